The van der Waals surface area contributed by atoms with Gasteiger partial charge in [-0.25, -0.2) is 0 Å². The van der Waals surface area contributed by atoms with E-state index in [1.54, 1.807) is 0 Å². The molecule has 0 aromatic heterocycles. The van der Waals surface area contributed by atoms with E-state index in [0.29, 0.717) is 12.8 Å². The lowest BCUT2D eigenvalue weighted by molar-refractivity contribution is -0.140. The van der Waals surface area contributed by atoms with Crippen molar-refractivity contribution in [3.05, 3.63) is 71.3 Å². The molecule has 0 saturated heterocycles. The van der Waals surface area contributed by atoms with Gasteiger partial charge in [-0.2, -0.15) is 0 Å². The van der Waals surface area contributed by atoms with Gasteiger partial charge in [0.1, 0.15) is 11.9 Å². The molecule has 0 radical (unpaired) electrons. The zero-order valence-electron chi connectivity index (χ0n) is 14.6. The molecule has 0 N–H and O–H groups in total. The summed E-state index contributed by atoms with van der Waals surface area (Å²) in [7, 11) is 1.43. The molecule has 1 heterocycles. The Morgan fingerprint density at radius 2 is 2.04 bits per heavy atom. The van der Waals surface area contributed by atoms with Crippen LogP contribution >= 0.6 is 0 Å². The molecule has 3 heteroatoms. The Kier molecular flexibility index (Phi) is 5.89. The van der Waals surface area contributed by atoms with Crippen molar-refractivity contribution in [3.8, 4) is 5.75 Å². The minimum atomic E-state index is -0.167. The summed E-state index contributed by atoms with van der Waals surface area (Å²) >= 11 is 0. The second-order valence-corrected chi connectivity index (χ2v) is 6.30. The predicted molar refractivity (Wildman–Crippen MR) is 99.6 cm³/mol. The van der Waals surface area contributed by atoms with Crippen LogP contribution < -0.4 is 4.74 Å². The summed E-state index contributed by atoms with van der Waals surface area (Å²) in [5, 5.41) is 0. The molecule has 3 rings (SSSR count). The van der Waals surface area contributed by atoms with Crippen molar-refractivity contribution in [2.45, 2.75) is 38.2 Å². The van der Waals surface area contributed by atoms with E-state index >= 15 is 0 Å². The Labute approximate surface area is 149 Å². The zero-order valence-corrected chi connectivity index (χ0v) is 14.6. The standard InChI is InChI=1S/C22H24O3/c1-24-22(23)15-14-18-11-7-13-21-20(18)16-19(25-21)12-6-5-10-17-8-3-2-4-9-17/h2-5,7-11,13,19H,6,12,14-16H2,1H3/t19-/m1/s1. The summed E-state index contributed by atoms with van der Waals surface area (Å²) < 4.78 is 10.8. The Morgan fingerprint density at radius 1 is 1.20 bits per heavy atom. The molecule has 0 unspecified atom stereocenters. The molecule has 1 atom stereocenters. The molecule has 0 spiro atoms. The maximum Gasteiger partial charge on any atom is 0.305 e. The first kappa shape index (κ1) is 17.3. The maximum atomic E-state index is 11.4. The number of benzene rings is 2. The minimum absolute atomic E-state index is 0.167. The monoisotopic (exact) mass is 336 g/mol. The lowest BCUT2D eigenvalue weighted by Gasteiger charge is -2.08. The fraction of sp³-hybridized carbons (Fsp3) is 0.318. The number of fused-ring (bicyclic) bond motifs is 1. The first-order valence-corrected chi connectivity index (χ1v) is 8.82. The molecule has 0 saturated carbocycles. The zero-order chi connectivity index (χ0) is 17.5. The first-order chi connectivity index (χ1) is 12.3. The Balaban J connectivity index is 1.53. The van der Waals surface area contributed by atoms with Gasteiger partial charge in [0, 0.05) is 18.4 Å². The lowest BCUT2D eigenvalue weighted by Crippen LogP contribution is -2.12. The van der Waals surface area contributed by atoms with Crippen LogP contribution in [0.5, 0.6) is 5.75 Å². The molecule has 1 aliphatic heterocycles. The SMILES string of the molecule is COC(=O)CCc1cccc2c1C[C@@H](CCC=Cc1ccccc1)O2. The highest BCUT2D eigenvalue weighted by Crippen LogP contribution is 2.33. The fourth-order valence-corrected chi connectivity index (χ4v) is 3.20. The van der Waals surface area contributed by atoms with Gasteiger partial charge >= 0.3 is 5.97 Å². The van der Waals surface area contributed by atoms with Gasteiger partial charge in [-0.05, 0) is 36.5 Å². The van der Waals surface area contributed by atoms with Gasteiger partial charge in [0.15, 0.2) is 0 Å². The van der Waals surface area contributed by atoms with Crippen molar-refractivity contribution in [1.82, 2.24) is 0 Å². The van der Waals surface area contributed by atoms with Crippen LogP contribution in [0, 0.1) is 0 Å². The Morgan fingerprint density at radius 3 is 2.84 bits per heavy atom. The van der Waals surface area contributed by atoms with E-state index in [2.05, 4.69) is 30.4 Å². The summed E-state index contributed by atoms with van der Waals surface area (Å²) in [4.78, 5) is 11.4. The average Bonchev–Trinajstić information content (AvgIpc) is 3.07. The van der Waals surface area contributed by atoms with E-state index in [4.69, 9.17) is 9.47 Å². The summed E-state index contributed by atoms with van der Waals surface area (Å²) in [6.07, 6.45) is 8.61. The molecule has 0 amide bonds. The maximum absolute atomic E-state index is 11.4. The van der Waals surface area contributed by atoms with Gasteiger partial charge in [-0.15, -0.1) is 0 Å². The molecule has 25 heavy (non-hydrogen) atoms. The predicted octanol–water partition coefficient (Wildman–Crippen LogP) is 4.59. The van der Waals surface area contributed by atoms with Crippen molar-refractivity contribution < 1.29 is 14.3 Å². The number of rotatable bonds is 7. The molecule has 130 valence electrons. The summed E-state index contributed by atoms with van der Waals surface area (Å²) in [5.41, 5.74) is 3.68. The fourth-order valence-electron chi connectivity index (χ4n) is 3.20. The van der Waals surface area contributed by atoms with Gasteiger partial charge in [-0.1, -0.05) is 54.6 Å². The molecule has 0 aliphatic carbocycles. The van der Waals surface area contributed by atoms with Crippen molar-refractivity contribution in [2.24, 2.45) is 0 Å². The van der Waals surface area contributed by atoms with Crippen LogP contribution in [0.3, 0.4) is 0 Å². The van der Waals surface area contributed by atoms with E-state index in [0.717, 1.165) is 25.0 Å². The number of ether oxygens (including phenoxy) is 2. The van der Waals surface area contributed by atoms with Crippen molar-refractivity contribution in [2.75, 3.05) is 7.11 Å². The van der Waals surface area contributed by atoms with Crippen molar-refractivity contribution in [3.63, 3.8) is 0 Å². The van der Waals surface area contributed by atoms with Gasteiger partial charge < -0.3 is 9.47 Å². The number of methoxy groups -OCH3 is 1. The van der Waals surface area contributed by atoms with Crippen molar-refractivity contribution in [1.29, 1.82) is 0 Å². The van der Waals surface area contributed by atoms with Gasteiger partial charge in [0.25, 0.3) is 0 Å². The molecule has 0 bridgehead atoms. The van der Waals surface area contributed by atoms with Crippen LogP contribution in [0.2, 0.25) is 0 Å². The number of hydrogen-bond acceptors (Lipinski definition) is 3. The number of allylic oxidation sites excluding steroid dienone is 1. The van der Waals surface area contributed by atoms with Gasteiger partial charge in [-0.3, -0.25) is 4.79 Å². The highest BCUT2D eigenvalue weighted by molar-refractivity contribution is 5.69. The van der Waals surface area contributed by atoms with Crippen LogP contribution in [0.4, 0.5) is 0 Å². The molecule has 0 fully saturated rings. The minimum Gasteiger partial charge on any atom is -0.490 e. The normalized spacial score (nSPS) is 15.8. The summed E-state index contributed by atoms with van der Waals surface area (Å²) in [6.45, 7) is 0. The third-order valence-electron chi connectivity index (χ3n) is 4.55. The molecule has 2 aromatic carbocycles. The van der Waals surface area contributed by atoms with E-state index in [1.807, 2.05) is 30.3 Å². The van der Waals surface area contributed by atoms with Crippen LogP contribution in [0.1, 0.15) is 36.0 Å². The van der Waals surface area contributed by atoms with Crippen LogP contribution in [-0.2, 0) is 22.4 Å². The van der Waals surface area contributed by atoms with E-state index in [1.165, 1.54) is 23.8 Å². The average molecular weight is 336 g/mol. The second kappa shape index (κ2) is 8.52. The van der Waals surface area contributed by atoms with Crippen LogP contribution in [0.15, 0.2) is 54.6 Å². The van der Waals surface area contributed by atoms with Crippen LogP contribution in [0.25, 0.3) is 6.08 Å². The van der Waals surface area contributed by atoms with Gasteiger partial charge in [0.05, 0.1) is 7.11 Å². The number of hydrogen-bond donors (Lipinski definition) is 0. The Hall–Kier alpha value is -2.55. The molecule has 3 nitrogen and oxygen atoms in total. The number of aryl methyl sites for hydroxylation is 1. The third-order valence-corrected chi connectivity index (χ3v) is 4.55. The smallest absolute Gasteiger partial charge is 0.305 e. The van der Waals surface area contributed by atoms with Gasteiger partial charge in [0.2, 0.25) is 0 Å². The largest absolute Gasteiger partial charge is 0.490 e. The first-order valence-electron chi connectivity index (χ1n) is 8.82. The van der Waals surface area contributed by atoms with Crippen molar-refractivity contribution >= 4 is 12.0 Å². The van der Waals surface area contributed by atoms with E-state index < -0.39 is 0 Å². The molecular weight excluding hydrogens is 312 g/mol. The number of carbonyl (C=O) groups excluding carboxylic acids is 1. The summed E-state index contributed by atoms with van der Waals surface area (Å²) in [5.74, 6) is 0.804. The molecule has 2 aromatic rings. The number of carbonyl (C=O) groups is 1. The molecule has 1 aliphatic rings. The second-order valence-electron chi connectivity index (χ2n) is 6.30. The van der Waals surface area contributed by atoms with E-state index in [-0.39, 0.29) is 12.1 Å². The molecular formula is C22H24O3. The topological polar surface area (TPSA) is 35.5 Å². The lowest BCUT2D eigenvalue weighted by atomic mass is 9.98. The van der Waals surface area contributed by atoms with Crippen LogP contribution in [-0.4, -0.2) is 19.2 Å². The quantitative estimate of drug-likeness (QED) is 0.694. The number of esters is 1. The highest BCUT2D eigenvalue weighted by atomic mass is 16.5. The van der Waals surface area contributed by atoms with E-state index in [9.17, 15) is 4.79 Å². The third kappa shape index (κ3) is 4.72. The Bertz CT molecular complexity index is 734. The highest BCUT2D eigenvalue weighted by Gasteiger charge is 2.24. The summed E-state index contributed by atoms with van der Waals surface area (Å²) in [6, 6.07) is 16.4.